The van der Waals surface area contributed by atoms with Crippen LogP contribution in [0.15, 0.2) is 77.7 Å². The van der Waals surface area contributed by atoms with Crippen molar-refractivity contribution in [2.75, 3.05) is 0 Å². The van der Waals surface area contributed by atoms with Gasteiger partial charge >= 0.3 is 16.3 Å². The third-order valence-corrected chi connectivity index (χ3v) is 7.01. The number of nitrogens with zero attached hydrogens (tertiary/aromatic N) is 1. The Kier molecular flexibility index (Phi) is 8.12. The van der Waals surface area contributed by atoms with Crippen LogP contribution in [0, 0.1) is 0 Å². The van der Waals surface area contributed by atoms with Gasteiger partial charge in [0.05, 0.1) is 16.1 Å². The monoisotopic (exact) mass is 525 g/mol. The highest BCUT2D eigenvalue weighted by Gasteiger charge is 2.32. The Morgan fingerprint density at radius 1 is 1.03 bits per heavy atom. The second kappa shape index (κ2) is 10.7. The molecule has 5 nitrogen and oxygen atoms in total. The number of carbonyl (C=O) groups excluding carboxylic acids is 1. The molecule has 35 heavy (non-hydrogen) atoms. The van der Waals surface area contributed by atoms with Crippen LogP contribution in [0.25, 0.3) is 0 Å². The van der Waals surface area contributed by atoms with E-state index in [0.29, 0.717) is 23.6 Å². The molecule has 0 fully saturated rings. The molecule has 186 valence electrons. The van der Waals surface area contributed by atoms with Crippen LogP contribution >= 0.6 is 11.6 Å². The average Bonchev–Trinajstić information content (AvgIpc) is 2.82. The van der Waals surface area contributed by atoms with Gasteiger partial charge in [0.25, 0.3) is 5.91 Å². The Morgan fingerprint density at radius 2 is 1.69 bits per heavy atom. The number of rotatable bonds is 8. The molecule has 0 unspecified atom stereocenters. The Hall–Kier alpha value is -3.04. The zero-order valence-electron chi connectivity index (χ0n) is 18.9. The van der Waals surface area contributed by atoms with Crippen molar-refractivity contribution in [2.45, 2.75) is 43.9 Å². The summed E-state index contributed by atoms with van der Waals surface area (Å²) in [5, 5.41) is 0.280. The van der Waals surface area contributed by atoms with Crippen molar-refractivity contribution in [2.24, 2.45) is 0 Å². The van der Waals surface area contributed by atoms with E-state index >= 15 is 0 Å². The van der Waals surface area contributed by atoms with E-state index in [1.807, 2.05) is 13.8 Å². The van der Waals surface area contributed by atoms with Gasteiger partial charge in [0.2, 0.25) is 0 Å². The number of halogens is 4. The van der Waals surface area contributed by atoms with Gasteiger partial charge in [-0.1, -0.05) is 54.9 Å². The first-order valence-electron chi connectivity index (χ1n) is 10.7. The summed E-state index contributed by atoms with van der Waals surface area (Å²) in [4.78, 5) is 14.2. The normalized spacial score (nSPS) is 12.7. The molecule has 0 saturated carbocycles. The molecular weight excluding hydrogens is 503 g/mol. The number of para-hydroxylation sites is 1. The molecule has 1 amide bonds. The summed E-state index contributed by atoms with van der Waals surface area (Å²) in [5.74, 6) is -0.439. The van der Waals surface area contributed by atoms with Crippen molar-refractivity contribution in [1.82, 2.24) is 4.90 Å². The first-order valence-corrected chi connectivity index (χ1v) is 12.5. The minimum atomic E-state index is -4.71. The van der Waals surface area contributed by atoms with E-state index in [0.717, 1.165) is 18.2 Å². The lowest BCUT2D eigenvalue weighted by Gasteiger charge is -2.29. The largest absolute Gasteiger partial charge is 0.416 e. The molecule has 3 rings (SSSR count). The second-order valence-corrected chi connectivity index (χ2v) is 9.79. The molecule has 3 aromatic rings. The third-order valence-electron chi connectivity index (χ3n) is 5.45. The Morgan fingerprint density at radius 3 is 2.34 bits per heavy atom. The van der Waals surface area contributed by atoms with Crippen LogP contribution in [0.4, 0.5) is 13.2 Å². The Labute approximate surface area is 207 Å². The lowest BCUT2D eigenvalue weighted by molar-refractivity contribution is -0.137. The van der Waals surface area contributed by atoms with E-state index in [-0.39, 0.29) is 29.3 Å². The van der Waals surface area contributed by atoms with Crippen LogP contribution in [-0.2, 0) is 22.8 Å². The maximum absolute atomic E-state index is 13.3. The van der Waals surface area contributed by atoms with Gasteiger partial charge in [-0.25, -0.2) is 0 Å². The van der Waals surface area contributed by atoms with Crippen molar-refractivity contribution < 1.29 is 30.6 Å². The Balaban J connectivity index is 1.94. The topological polar surface area (TPSA) is 63.7 Å². The quantitative estimate of drug-likeness (QED) is 0.312. The van der Waals surface area contributed by atoms with Crippen LogP contribution in [0.5, 0.6) is 5.75 Å². The van der Waals surface area contributed by atoms with E-state index in [1.165, 1.54) is 12.1 Å². The maximum atomic E-state index is 13.3. The predicted molar refractivity (Wildman–Crippen MR) is 127 cm³/mol. The summed E-state index contributed by atoms with van der Waals surface area (Å²) in [6.07, 6.45) is -4.10. The molecule has 0 N–H and O–H groups in total. The van der Waals surface area contributed by atoms with Gasteiger partial charge in [-0.15, -0.1) is 0 Å². The summed E-state index contributed by atoms with van der Waals surface area (Å²) in [5.41, 5.74) is -0.447. The standard InChI is InChI=1S/C25H23ClF3NO4S/c1-3-17(2)30(24(31)21-12-5-6-13-22(21)26)16-18-9-4-7-14-23(18)34-35(32,33)20-11-8-10-19(15-20)25(27,28)29/h4-15,17H,3,16H2,1-2H3/t17-/m1/s1. The van der Waals surface area contributed by atoms with Crippen molar-refractivity contribution >= 4 is 27.6 Å². The van der Waals surface area contributed by atoms with Gasteiger partial charge in [0, 0.05) is 18.2 Å². The number of alkyl halides is 3. The first kappa shape index (κ1) is 26.6. The summed E-state index contributed by atoms with van der Waals surface area (Å²) in [6.45, 7) is 3.74. The number of hydrogen-bond donors (Lipinski definition) is 0. The summed E-state index contributed by atoms with van der Waals surface area (Å²) in [7, 11) is -4.58. The van der Waals surface area contributed by atoms with Crippen LogP contribution < -0.4 is 4.18 Å². The fourth-order valence-electron chi connectivity index (χ4n) is 3.33. The molecule has 0 heterocycles. The van der Waals surface area contributed by atoms with Gasteiger partial charge in [0.1, 0.15) is 10.6 Å². The van der Waals surface area contributed by atoms with Crippen LogP contribution in [0.2, 0.25) is 5.02 Å². The molecular formula is C25H23ClF3NO4S. The van der Waals surface area contributed by atoms with Gasteiger partial charge in [-0.2, -0.15) is 21.6 Å². The third kappa shape index (κ3) is 6.35. The smallest absolute Gasteiger partial charge is 0.379 e. The number of amides is 1. The fourth-order valence-corrected chi connectivity index (χ4v) is 4.56. The molecule has 0 spiro atoms. The lowest BCUT2D eigenvalue weighted by Crippen LogP contribution is -2.38. The molecule has 0 aromatic heterocycles. The lowest BCUT2D eigenvalue weighted by atomic mass is 10.1. The molecule has 0 aliphatic heterocycles. The molecule has 1 atom stereocenters. The number of benzene rings is 3. The molecule has 0 radical (unpaired) electrons. The zero-order valence-corrected chi connectivity index (χ0v) is 20.5. The zero-order chi connectivity index (χ0) is 25.8. The Bertz CT molecular complexity index is 1310. The first-order chi connectivity index (χ1) is 16.4. The molecule has 0 saturated heterocycles. The van der Waals surface area contributed by atoms with Crippen molar-refractivity contribution in [3.8, 4) is 5.75 Å². The number of carbonyl (C=O) groups is 1. The van der Waals surface area contributed by atoms with Gasteiger partial charge in [-0.3, -0.25) is 4.79 Å². The summed E-state index contributed by atoms with van der Waals surface area (Å²) >= 11 is 6.21. The minimum Gasteiger partial charge on any atom is -0.379 e. The van der Waals surface area contributed by atoms with Gasteiger partial charge in [-0.05, 0) is 49.7 Å². The molecule has 3 aromatic carbocycles. The molecule has 0 bridgehead atoms. The van der Waals surface area contributed by atoms with E-state index in [2.05, 4.69) is 0 Å². The van der Waals surface area contributed by atoms with Gasteiger partial charge in [0.15, 0.2) is 0 Å². The van der Waals surface area contributed by atoms with Crippen molar-refractivity contribution in [1.29, 1.82) is 0 Å². The minimum absolute atomic E-state index is 0.00660. The number of hydrogen-bond acceptors (Lipinski definition) is 4. The maximum Gasteiger partial charge on any atom is 0.416 e. The van der Waals surface area contributed by atoms with Crippen LogP contribution in [0.1, 0.15) is 41.8 Å². The predicted octanol–water partition coefficient (Wildman–Crippen LogP) is 6.57. The SMILES string of the molecule is CC[C@@H](C)N(Cc1ccccc1OS(=O)(=O)c1cccc(C(F)(F)F)c1)C(=O)c1ccccc1Cl. The van der Waals surface area contributed by atoms with Crippen molar-refractivity contribution in [3.63, 3.8) is 0 Å². The summed E-state index contributed by atoms with van der Waals surface area (Å²) in [6, 6.07) is 15.8. The molecule has 0 aliphatic rings. The fraction of sp³-hybridized carbons (Fsp3) is 0.240. The molecule has 0 aliphatic carbocycles. The van der Waals surface area contributed by atoms with Crippen LogP contribution in [0.3, 0.4) is 0 Å². The highest BCUT2D eigenvalue weighted by atomic mass is 35.5. The average molecular weight is 526 g/mol. The second-order valence-electron chi connectivity index (χ2n) is 7.84. The highest BCUT2D eigenvalue weighted by Crippen LogP contribution is 2.32. The van der Waals surface area contributed by atoms with E-state index in [9.17, 15) is 26.4 Å². The van der Waals surface area contributed by atoms with Gasteiger partial charge < -0.3 is 9.08 Å². The van der Waals surface area contributed by atoms with E-state index < -0.39 is 26.8 Å². The highest BCUT2D eigenvalue weighted by molar-refractivity contribution is 7.87. The van der Waals surface area contributed by atoms with E-state index in [1.54, 1.807) is 41.3 Å². The van der Waals surface area contributed by atoms with Crippen molar-refractivity contribution in [3.05, 3.63) is 94.5 Å². The molecule has 10 heteroatoms. The van der Waals surface area contributed by atoms with Crippen LogP contribution in [-0.4, -0.2) is 25.3 Å². The summed E-state index contributed by atoms with van der Waals surface area (Å²) < 4.78 is 70.1. The van der Waals surface area contributed by atoms with E-state index in [4.69, 9.17) is 15.8 Å².